The number of rotatable bonds is 2. The van der Waals surface area contributed by atoms with E-state index in [-0.39, 0.29) is 0 Å². The summed E-state index contributed by atoms with van der Waals surface area (Å²) in [5.74, 6) is 0. The van der Waals surface area contributed by atoms with Crippen LogP contribution in [0.3, 0.4) is 0 Å². The second-order valence-electron chi connectivity index (χ2n) is 7.74. The molecule has 2 fully saturated rings. The average molecular weight is 451 g/mol. The fourth-order valence-electron chi connectivity index (χ4n) is 3.18. The van der Waals surface area contributed by atoms with Crippen LogP contribution < -0.4 is 0 Å². The van der Waals surface area contributed by atoms with Crippen molar-refractivity contribution in [1.29, 1.82) is 0 Å². The Morgan fingerprint density at radius 2 is 0.821 bits per heavy atom. The zero-order valence-electron chi connectivity index (χ0n) is 17.5. The van der Waals surface area contributed by atoms with E-state index in [1.807, 2.05) is 0 Å². The molecule has 172 valence electrons. The highest BCUT2D eigenvalue weighted by molar-refractivity contribution is 7.80. The number of hydrogen-bond donors (Lipinski definition) is 2. The number of quaternary nitrogens is 2. The van der Waals surface area contributed by atoms with Crippen LogP contribution in [0.4, 0.5) is 0 Å². The first-order valence-corrected chi connectivity index (χ1v) is 12.3. The Hall–Kier alpha value is -0.340. The third-order valence-corrected chi connectivity index (χ3v) is 5.32. The maximum absolute atomic E-state index is 8.63. The fraction of sp³-hybridized carbons (Fsp3) is 1.00. The quantitative estimate of drug-likeness (QED) is 0.362. The molecule has 10 nitrogen and oxygen atoms in total. The number of likely N-dealkylation sites (tertiary alicyclic amines) is 2. The molecule has 2 N–H and O–H groups in total. The first kappa shape index (κ1) is 29.9. The van der Waals surface area contributed by atoms with E-state index in [4.69, 9.17) is 35.0 Å². The molecule has 2 aliphatic rings. The predicted octanol–water partition coefficient (Wildman–Crippen LogP) is 1.28. The molecule has 0 radical (unpaired) electrons. The summed E-state index contributed by atoms with van der Waals surface area (Å²) in [5.41, 5.74) is 0. The van der Waals surface area contributed by atoms with Gasteiger partial charge >= 0.3 is 0 Å². The lowest BCUT2D eigenvalue weighted by molar-refractivity contribution is -0.912. The predicted molar refractivity (Wildman–Crippen MR) is 105 cm³/mol. The SMILES string of the molecule is CC[N+]1(C)CCCCC1.CC[N+]1(C)CCCCC1.O=S(=O)([O-])O.O=S(=O)([O-])O. The molecule has 0 aromatic carbocycles. The highest BCUT2D eigenvalue weighted by Crippen LogP contribution is 2.15. The van der Waals surface area contributed by atoms with Crippen molar-refractivity contribution in [2.24, 2.45) is 0 Å². The maximum Gasteiger partial charge on any atom is 0.215 e. The largest absolute Gasteiger partial charge is 0.726 e. The van der Waals surface area contributed by atoms with Gasteiger partial charge in [0.25, 0.3) is 0 Å². The summed E-state index contributed by atoms with van der Waals surface area (Å²) in [6.45, 7) is 12.9. The molecule has 12 heteroatoms. The molecule has 2 saturated heterocycles. The van der Waals surface area contributed by atoms with Gasteiger partial charge in [-0.05, 0) is 52.4 Å². The third kappa shape index (κ3) is 23.7. The van der Waals surface area contributed by atoms with Gasteiger partial charge < -0.3 is 18.1 Å². The van der Waals surface area contributed by atoms with E-state index in [1.54, 1.807) is 0 Å². The highest BCUT2D eigenvalue weighted by atomic mass is 32.3. The van der Waals surface area contributed by atoms with Crippen LogP contribution in [0.2, 0.25) is 0 Å². The van der Waals surface area contributed by atoms with Gasteiger partial charge in [0.2, 0.25) is 20.8 Å². The maximum atomic E-state index is 8.63. The molecule has 2 aliphatic heterocycles. The Bertz CT molecular complexity index is 526. The topological polar surface area (TPSA) is 155 Å². The Kier molecular flexibility index (Phi) is 14.7. The third-order valence-electron chi connectivity index (χ3n) is 5.32. The Labute approximate surface area is 170 Å². The van der Waals surface area contributed by atoms with Crippen molar-refractivity contribution >= 4 is 20.8 Å². The lowest BCUT2D eigenvalue weighted by Gasteiger charge is -2.36. The molecule has 0 saturated carbocycles. The van der Waals surface area contributed by atoms with Gasteiger partial charge in [-0.25, -0.2) is 16.8 Å². The van der Waals surface area contributed by atoms with Crippen molar-refractivity contribution in [1.82, 2.24) is 0 Å². The van der Waals surface area contributed by atoms with Gasteiger partial charge in [-0.3, -0.25) is 9.11 Å². The van der Waals surface area contributed by atoms with Gasteiger partial charge in [-0.2, -0.15) is 0 Å². The van der Waals surface area contributed by atoms with Crippen molar-refractivity contribution in [2.75, 3.05) is 53.4 Å². The Morgan fingerprint density at radius 3 is 0.929 bits per heavy atom. The molecule has 0 amide bonds. The van der Waals surface area contributed by atoms with Crippen LogP contribution in [0.5, 0.6) is 0 Å². The van der Waals surface area contributed by atoms with Gasteiger partial charge in [0.1, 0.15) is 0 Å². The van der Waals surface area contributed by atoms with E-state index in [1.165, 1.54) is 86.8 Å². The number of nitrogens with zero attached hydrogens (tertiary/aromatic N) is 2. The Balaban J connectivity index is 0. The van der Waals surface area contributed by atoms with E-state index in [9.17, 15) is 0 Å². The van der Waals surface area contributed by atoms with Crippen molar-refractivity contribution < 1.29 is 44.0 Å². The monoisotopic (exact) mass is 450 g/mol. The molecule has 0 atom stereocenters. The summed E-state index contributed by atoms with van der Waals surface area (Å²) in [4.78, 5) is 0. The molecule has 28 heavy (non-hydrogen) atoms. The van der Waals surface area contributed by atoms with Crippen LogP contribution >= 0.6 is 0 Å². The Morgan fingerprint density at radius 1 is 0.643 bits per heavy atom. The fourth-order valence-corrected chi connectivity index (χ4v) is 3.18. The van der Waals surface area contributed by atoms with Crippen molar-refractivity contribution in [3.63, 3.8) is 0 Å². The zero-order valence-corrected chi connectivity index (χ0v) is 19.2. The average Bonchev–Trinajstić information content (AvgIpc) is 2.54. The van der Waals surface area contributed by atoms with Crippen LogP contribution in [0.15, 0.2) is 0 Å². The molecule has 0 bridgehead atoms. The minimum absolute atomic E-state index is 1.32. The van der Waals surface area contributed by atoms with E-state index < -0.39 is 20.8 Å². The number of piperidine rings is 2. The van der Waals surface area contributed by atoms with Gasteiger partial charge in [0.15, 0.2) is 0 Å². The molecule has 0 aromatic rings. The van der Waals surface area contributed by atoms with Crippen LogP contribution in [0, 0.1) is 0 Å². The summed E-state index contributed by atoms with van der Waals surface area (Å²) in [5, 5.41) is 0. The standard InChI is InChI=1S/2C8H18N.2H2O4S/c2*1-3-9(2)7-5-4-6-8-9;2*1-5(2,3)4/h2*3-8H2,1-2H3;2*(H2,1,2,3,4)/q2*+1;;/p-2. The normalized spacial score (nSPS) is 20.9. The molecular weight excluding hydrogens is 412 g/mol. The summed E-state index contributed by atoms with van der Waals surface area (Å²) in [6.07, 6.45) is 8.73. The van der Waals surface area contributed by atoms with Crippen molar-refractivity contribution in [3.05, 3.63) is 0 Å². The second kappa shape index (κ2) is 13.8. The van der Waals surface area contributed by atoms with Crippen LogP contribution in [0.25, 0.3) is 0 Å². The van der Waals surface area contributed by atoms with Gasteiger partial charge in [0, 0.05) is 0 Å². The molecule has 2 heterocycles. The molecule has 2 rings (SSSR count). The summed E-state index contributed by atoms with van der Waals surface area (Å²) in [6, 6.07) is 0. The second-order valence-corrected chi connectivity index (χ2v) is 9.45. The molecular formula is C16H38N2O8S2. The minimum Gasteiger partial charge on any atom is -0.726 e. The van der Waals surface area contributed by atoms with Gasteiger partial charge in [-0.1, -0.05) is 0 Å². The van der Waals surface area contributed by atoms with E-state index in [2.05, 4.69) is 27.9 Å². The molecule has 0 aliphatic carbocycles. The lowest BCUT2D eigenvalue weighted by Crippen LogP contribution is -2.47. The van der Waals surface area contributed by atoms with E-state index >= 15 is 0 Å². The minimum atomic E-state index is -4.92. The highest BCUT2D eigenvalue weighted by Gasteiger charge is 2.22. The van der Waals surface area contributed by atoms with Gasteiger partial charge in [-0.15, -0.1) is 0 Å². The number of hydrogen-bond acceptors (Lipinski definition) is 6. The zero-order chi connectivity index (χ0) is 22.5. The first-order valence-electron chi connectivity index (χ1n) is 9.57. The van der Waals surface area contributed by atoms with E-state index in [0.717, 1.165) is 0 Å². The molecule has 0 unspecified atom stereocenters. The van der Waals surface area contributed by atoms with Crippen molar-refractivity contribution in [2.45, 2.75) is 52.4 Å². The van der Waals surface area contributed by atoms with Crippen molar-refractivity contribution in [3.8, 4) is 0 Å². The van der Waals surface area contributed by atoms with Gasteiger partial charge in [0.05, 0.1) is 53.4 Å². The van der Waals surface area contributed by atoms with Crippen LogP contribution in [0.1, 0.15) is 52.4 Å². The summed E-state index contributed by atoms with van der Waals surface area (Å²) < 4.78 is 68.3. The lowest BCUT2D eigenvalue weighted by atomic mass is 10.1. The van der Waals surface area contributed by atoms with Crippen LogP contribution in [-0.2, 0) is 20.8 Å². The molecule has 0 spiro atoms. The smallest absolute Gasteiger partial charge is 0.215 e. The van der Waals surface area contributed by atoms with Crippen LogP contribution in [-0.4, -0.2) is 97.4 Å². The van der Waals surface area contributed by atoms with E-state index in [0.29, 0.717) is 0 Å². The first-order chi connectivity index (χ1) is 12.5. The molecule has 0 aromatic heterocycles. The summed E-state index contributed by atoms with van der Waals surface area (Å²) in [7, 11) is -5.08. The summed E-state index contributed by atoms with van der Waals surface area (Å²) >= 11 is 0.